The Morgan fingerprint density at radius 1 is 1.32 bits per heavy atom. The minimum absolute atomic E-state index is 0.548. The molecule has 2 N–H and O–H groups in total. The van der Waals surface area contributed by atoms with Gasteiger partial charge in [0.25, 0.3) is 0 Å². The lowest BCUT2D eigenvalue weighted by atomic mass is 9.81. The highest BCUT2D eigenvalue weighted by molar-refractivity contribution is 5.21. The van der Waals surface area contributed by atoms with Crippen LogP contribution in [0.25, 0.3) is 0 Å². The Labute approximate surface area is 116 Å². The van der Waals surface area contributed by atoms with Crippen molar-refractivity contribution in [3.63, 3.8) is 0 Å². The summed E-state index contributed by atoms with van der Waals surface area (Å²) in [5.41, 5.74) is 8.07. The van der Waals surface area contributed by atoms with Crippen molar-refractivity contribution < 1.29 is 0 Å². The van der Waals surface area contributed by atoms with Crippen molar-refractivity contribution in [3.05, 3.63) is 35.4 Å². The van der Waals surface area contributed by atoms with Crippen molar-refractivity contribution in [2.75, 3.05) is 7.05 Å². The zero-order valence-corrected chi connectivity index (χ0v) is 11.9. The molecule has 0 saturated heterocycles. The minimum atomic E-state index is -0.582. The number of hydrogen-bond donors (Lipinski definition) is 1. The van der Waals surface area contributed by atoms with Crippen LogP contribution in [0.4, 0.5) is 0 Å². The predicted molar refractivity (Wildman–Crippen MR) is 77.4 cm³/mol. The van der Waals surface area contributed by atoms with Crippen molar-refractivity contribution >= 4 is 0 Å². The molecule has 1 aliphatic carbocycles. The van der Waals surface area contributed by atoms with Crippen LogP contribution in [0.1, 0.15) is 36.8 Å². The summed E-state index contributed by atoms with van der Waals surface area (Å²) in [6.45, 7) is 3.08. The molecule has 0 unspecified atom stereocenters. The maximum Gasteiger partial charge on any atom is 0.104 e. The van der Waals surface area contributed by atoms with E-state index in [9.17, 15) is 0 Å². The van der Waals surface area contributed by atoms with E-state index in [2.05, 4.69) is 49.2 Å². The molecule has 19 heavy (non-hydrogen) atoms. The van der Waals surface area contributed by atoms with Gasteiger partial charge in [-0.1, -0.05) is 29.8 Å². The molecule has 102 valence electrons. The second kappa shape index (κ2) is 5.73. The summed E-state index contributed by atoms with van der Waals surface area (Å²) in [5.74, 6) is 0. The second-order valence-corrected chi connectivity index (χ2v) is 5.90. The van der Waals surface area contributed by atoms with Gasteiger partial charge in [-0.05, 0) is 45.2 Å². The summed E-state index contributed by atoms with van der Waals surface area (Å²) in [6, 6.07) is 11.5. The molecule has 3 heteroatoms. The number of nitrogens with zero attached hydrogens (tertiary/aromatic N) is 2. The van der Waals surface area contributed by atoms with Gasteiger partial charge in [-0.15, -0.1) is 0 Å². The van der Waals surface area contributed by atoms with Crippen LogP contribution >= 0.6 is 0 Å². The van der Waals surface area contributed by atoms with E-state index in [0.717, 1.165) is 32.2 Å². The first-order chi connectivity index (χ1) is 9.02. The van der Waals surface area contributed by atoms with Gasteiger partial charge in [-0.25, -0.2) is 0 Å². The fourth-order valence-electron chi connectivity index (χ4n) is 2.78. The van der Waals surface area contributed by atoms with Crippen molar-refractivity contribution in [3.8, 4) is 6.07 Å². The minimum Gasteiger partial charge on any atom is -0.313 e. The fourth-order valence-corrected chi connectivity index (χ4v) is 2.78. The van der Waals surface area contributed by atoms with Crippen LogP contribution in [0, 0.1) is 18.3 Å². The molecule has 0 atom stereocenters. The Morgan fingerprint density at radius 2 is 1.89 bits per heavy atom. The molecule has 0 aromatic heterocycles. The van der Waals surface area contributed by atoms with Crippen molar-refractivity contribution in [1.29, 1.82) is 5.26 Å². The summed E-state index contributed by atoms with van der Waals surface area (Å²) in [4.78, 5) is 2.39. The first kappa shape index (κ1) is 14.0. The number of rotatable bonds is 3. The number of benzene rings is 1. The topological polar surface area (TPSA) is 53.0 Å². The number of aryl methyl sites for hydroxylation is 1. The van der Waals surface area contributed by atoms with E-state index < -0.39 is 5.54 Å². The van der Waals surface area contributed by atoms with Gasteiger partial charge in [0, 0.05) is 12.6 Å². The van der Waals surface area contributed by atoms with Crippen LogP contribution in [0.15, 0.2) is 24.3 Å². The number of hydrogen-bond acceptors (Lipinski definition) is 3. The molecular weight excluding hydrogens is 234 g/mol. The molecule has 1 aliphatic rings. The maximum absolute atomic E-state index is 9.05. The van der Waals surface area contributed by atoms with E-state index in [-0.39, 0.29) is 0 Å². The molecule has 3 nitrogen and oxygen atoms in total. The summed E-state index contributed by atoms with van der Waals surface area (Å²) < 4.78 is 0. The number of nitriles is 1. The van der Waals surface area contributed by atoms with Gasteiger partial charge in [0.15, 0.2) is 0 Å². The first-order valence-corrected chi connectivity index (χ1v) is 6.98. The Bertz CT molecular complexity index is 450. The molecule has 1 fully saturated rings. The number of nitrogens with two attached hydrogens (primary N) is 1. The van der Waals surface area contributed by atoms with E-state index in [1.807, 2.05) is 0 Å². The molecule has 2 rings (SSSR count). The Balaban J connectivity index is 1.90. The van der Waals surface area contributed by atoms with Crippen LogP contribution in [0.2, 0.25) is 0 Å². The van der Waals surface area contributed by atoms with Gasteiger partial charge in [-0.2, -0.15) is 5.26 Å². The average molecular weight is 257 g/mol. The van der Waals surface area contributed by atoms with E-state index in [0.29, 0.717) is 6.04 Å². The summed E-state index contributed by atoms with van der Waals surface area (Å²) in [7, 11) is 2.17. The Hall–Kier alpha value is -1.37. The normalized spacial score (nSPS) is 27.2. The lowest BCUT2D eigenvalue weighted by molar-refractivity contribution is 0.161. The van der Waals surface area contributed by atoms with E-state index in [1.54, 1.807) is 0 Å². The van der Waals surface area contributed by atoms with Crippen LogP contribution in [-0.4, -0.2) is 23.5 Å². The lowest BCUT2D eigenvalue weighted by Crippen LogP contribution is -2.46. The molecule has 0 amide bonds. The molecule has 1 aromatic carbocycles. The smallest absolute Gasteiger partial charge is 0.104 e. The molecule has 0 radical (unpaired) electrons. The van der Waals surface area contributed by atoms with Crippen molar-refractivity contribution in [2.45, 2.75) is 50.7 Å². The van der Waals surface area contributed by atoms with E-state index in [4.69, 9.17) is 11.0 Å². The average Bonchev–Trinajstić information content (AvgIpc) is 2.42. The molecular formula is C16H23N3. The van der Waals surface area contributed by atoms with Crippen LogP contribution in [-0.2, 0) is 6.54 Å². The third kappa shape index (κ3) is 3.56. The molecule has 0 bridgehead atoms. The van der Waals surface area contributed by atoms with Gasteiger partial charge < -0.3 is 5.73 Å². The maximum atomic E-state index is 9.05. The molecule has 1 aromatic rings. The SMILES string of the molecule is Cc1ccc(CN(C)C2CCC(N)(C#N)CC2)cc1. The Kier molecular flexibility index (Phi) is 4.24. The van der Waals surface area contributed by atoms with E-state index in [1.165, 1.54) is 11.1 Å². The molecule has 0 spiro atoms. The van der Waals surface area contributed by atoms with Crippen molar-refractivity contribution in [2.24, 2.45) is 5.73 Å². The quantitative estimate of drug-likeness (QED) is 0.905. The van der Waals surface area contributed by atoms with Gasteiger partial charge >= 0.3 is 0 Å². The molecule has 0 aliphatic heterocycles. The summed E-state index contributed by atoms with van der Waals surface area (Å²) >= 11 is 0. The highest BCUT2D eigenvalue weighted by Gasteiger charge is 2.32. The zero-order chi connectivity index (χ0) is 13.9. The highest BCUT2D eigenvalue weighted by atomic mass is 15.1. The third-order valence-corrected chi connectivity index (χ3v) is 4.25. The summed E-state index contributed by atoms with van der Waals surface area (Å²) in [5, 5.41) is 9.05. The standard InChI is InChI=1S/C16H23N3/c1-13-3-5-14(6-4-13)11-19(2)15-7-9-16(18,12-17)10-8-15/h3-6,15H,7-11,18H2,1-2H3. The largest absolute Gasteiger partial charge is 0.313 e. The van der Waals surface area contributed by atoms with E-state index >= 15 is 0 Å². The van der Waals surface area contributed by atoms with Crippen LogP contribution < -0.4 is 5.73 Å². The highest BCUT2D eigenvalue weighted by Crippen LogP contribution is 2.28. The van der Waals surface area contributed by atoms with Gasteiger partial charge in [-0.3, -0.25) is 4.90 Å². The lowest BCUT2D eigenvalue weighted by Gasteiger charge is -2.36. The predicted octanol–water partition coefficient (Wildman–Crippen LogP) is 2.59. The van der Waals surface area contributed by atoms with Crippen LogP contribution in [0.5, 0.6) is 0 Å². The first-order valence-electron chi connectivity index (χ1n) is 6.98. The third-order valence-electron chi connectivity index (χ3n) is 4.25. The Morgan fingerprint density at radius 3 is 2.42 bits per heavy atom. The molecule has 0 heterocycles. The fraction of sp³-hybridized carbons (Fsp3) is 0.562. The monoisotopic (exact) mass is 257 g/mol. The zero-order valence-electron chi connectivity index (χ0n) is 11.9. The van der Waals surface area contributed by atoms with Gasteiger partial charge in [0.1, 0.15) is 5.54 Å². The molecule has 1 saturated carbocycles. The van der Waals surface area contributed by atoms with Gasteiger partial charge in [0.05, 0.1) is 6.07 Å². The van der Waals surface area contributed by atoms with Crippen LogP contribution in [0.3, 0.4) is 0 Å². The van der Waals surface area contributed by atoms with Crippen molar-refractivity contribution in [1.82, 2.24) is 4.90 Å². The second-order valence-electron chi connectivity index (χ2n) is 5.90. The van der Waals surface area contributed by atoms with Gasteiger partial charge in [0.2, 0.25) is 0 Å². The summed E-state index contributed by atoms with van der Waals surface area (Å²) in [6.07, 6.45) is 3.66.